The molecule has 5 rings (SSSR count). The van der Waals surface area contributed by atoms with Crippen LogP contribution in [0.3, 0.4) is 0 Å². The summed E-state index contributed by atoms with van der Waals surface area (Å²) in [7, 11) is 0. The Kier molecular flexibility index (Phi) is 4.21. The van der Waals surface area contributed by atoms with Crippen molar-refractivity contribution < 1.29 is 0 Å². The smallest absolute Gasteiger partial charge is 0.252 e. The third-order valence-corrected chi connectivity index (χ3v) is 5.95. The number of rotatable bonds is 4. The molecule has 4 aromatic heterocycles. The standard InChI is InChI=1S/C19H21N7S/c1-14-10-17(26-18(23-14)21-13-22-26)15-4-2-7-24(11-15)12-16-5-3-8-25(16)19-20-6-9-27-19/h3,5-6,8-10,13,15H,2,4,7,11-12H2,1H3. The average molecular weight is 379 g/mol. The molecule has 1 aliphatic heterocycles. The molecule has 0 amide bonds. The van der Waals surface area contributed by atoms with E-state index in [1.54, 1.807) is 17.7 Å². The van der Waals surface area contributed by atoms with Gasteiger partial charge in [0.15, 0.2) is 5.13 Å². The van der Waals surface area contributed by atoms with Crippen molar-refractivity contribution in [2.45, 2.75) is 32.2 Å². The van der Waals surface area contributed by atoms with Gasteiger partial charge in [-0.15, -0.1) is 11.3 Å². The fourth-order valence-corrected chi connectivity index (χ4v) is 4.64. The van der Waals surface area contributed by atoms with Crippen molar-refractivity contribution in [2.24, 2.45) is 0 Å². The van der Waals surface area contributed by atoms with Gasteiger partial charge in [0.05, 0.1) is 5.69 Å². The summed E-state index contributed by atoms with van der Waals surface area (Å²) < 4.78 is 4.10. The number of aryl methyl sites for hydroxylation is 1. The maximum Gasteiger partial charge on any atom is 0.252 e. The van der Waals surface area contributed by atoms with Crippen LogP contribution >= 0.6 is 11.3 Å². The SMILES string of the molecule is Cc1cc(C2CCCN(Cc3cccn3-c3nccs3)C2)n2ncnc2n1. The van der Waals surface area contributed by atoms with E-state index in [-0.39, 0.29) is 0 Å². The van der Waals surface area contributed by atoms with Crippen LogP contribution in [0.25, 0.3) is 10.9 Å². The third kappa shape index (κ3) is 3.15. The van der Waals surface area contributed by atoms with Gasteiger partial charge >= 0.3 is 0 Å². The minimum atomic E-state index is 0.438. The first-order chi connectivity index (χ1) is 13.3. The Morgan fingerprint density at radius 3 is 3.15 bits per heavy atom. The van der Waals surface area contributed by atoms with E-state index in [2.05, 4.69) is 53.9 Å². The Morgan fingerprint density at radius 2 is 2.26 bits per heavy atom. The molecule has 5 heterocycles. The molecule has 0 spiro atoms. The zero-order chi connectivity index (χ0) is 18.2. The first kappa shape index (κ1) is 16.6. The van der Waals surface area contributed by atoms with Crippen LogP contribution < -0.4 is 0 Å². The van der Waals surface area contributed by atoms with Crippen molar-refractivity contribution in [3.05, 3.63) is 59.4 Å². The topological polar surface area (TPSA) is 64.1 Å². The van der Waals surface area contributed by atoms with Crippen LogP contribution in [0.5, 0.6) is 0 Å². The zero-order valence-electron chi connectivity index (χ0n) is 15.2. The Labute approximate surface area is 161 Å². The van der Waals surface area contributed by atoms with E-state index in [1.165, 1.54) is 24.2 Å². The van der Waals surface area contributed by atoms with E-state index in [0.29, 0.717) is 11.7 Å². The highest BCUT2D eigenvalue weighted by Gasteiger charge is 2.25. The summed E-state index contributed by atoms with van der Waals surface area (Å²) in [5.74, 6) is 1.13. The molecular formula is C19H21N7S. The summed E-state index contributed by atoms with van der Waals surface area (Å²) in [6.45, 7) is 5.08. The van der Waals surface area contributed by atoms with Crippen LogP contribution in [-0.4, -0.2) is 47.1 Å². The molecule has 8 heteroatoms. The number of piperidine rings is 1. The zero-order valence-corrected chi connectivity index (χ0v) is 16.0. The van der Waals surface area contributed by atoms with E-state index < -0.39 is 0 Å². The minimum Gasteiger partial charge on any atom is -0.297 e. The molecular weight excluding hydrogens is 358 g/mol. The maximum atomic E-state index is 4.48. The monoisotopic (exact) mass is 379 g/mol. The lowest BCUT2D eigenvalue weighted by molar-refractivity contribution is 0.194. The van der Waals surface area contributed by atoms with Crippen LogP contribution in [0.4, 0.5) is 0 Å². The Morgan fingerprint density at radius 1 is 1.30 bits per heavy atom. The maximum absolute atomic E-state index is 4.48. The number of thiazole rings is 1. The summed E-state index contributed by atoms with van der Waals surface area (Å²) in [5, 5.41) is 7.44. The van der Waals surface area contributed by atoms with Gasteiger partial charge < -0.3 is 0 Å². The Bertz CT molecular complexity index is 1050. The van der Waals surface area contributed by atoms with Gasteiger partial charge in [0, 0.05) is 48.2 Å². The van der Waals surface area contributed by atoms with Crippen LogP contribution in [0.2, 0.25) is 0 Å². The van der Waals surface area contributed by atoms with Crippen molar-refractivity contribution in [2.75, 3.05) is 13.1 Å². The van der Waals surface area contributed by atoms with E-state index in [0.717, 1.165) is 30.5 Å². The van der Waals surface area contributed by atoms with E-state index in [1.807, 2.05) is 23.0 Å². The van der Waals surface area contributed by atoms with Crippen molar-refractivity contribution in [3.63, 3.8) is 0 Å². The normalized spacial score (nSPS) is 18.3. The lowest BCUT2D eigenvalue weighted by Gasteiger charge is -2.33. The van der Waals surface area contributed by atoms with E-state index in [4.69, 9.17) is 0 Å². The van der Waals surface area contributed by atoms with Gasteiger partial charge in [-0.25, -0.2) is 14.5 Å². The summed E-state index contributed by atoms with van der Waals surface area (Å²) in [4.78, 5) is 15.7. The molecule has 0 radical (unpaired) electrons. The van der Waals surface area contributed by atoms with Gasteiger partial charge in [-0.05, 0) is 44.5 Å². The molecule has 0 saturated carbocycles. The molecule has 1 saturated heterocycles. The van der Waals surface area contributed by atoms with Crippen molar-refractivity contribution in [3.8, 4) is 5.13 Å². The summed E-state index contributed by atoms with van der Waals surface area (Å²) in [6, 6.07) is 6.45. The summed E-state index contributed by atoms with van der Waals surface area (Å²) in [5.41, 5.74) is 3.50. The highest BCUT2D eigenvalue weighted by molar-refractivity contribution is 7.12. The highest BCUT2D eigenvalue weighted by atomic mass is 32.1. The fraction of sp³-hybridized carbons (Fsp3) is 0.368. The third-order valence-electron chi connectivity index (χ3n) is 5.18. The molecule has 1 atom stereocenters. The fourth-order valence-electron chi connectivity index (χ4n) is 3.99. The molecule has 1 fully saturated rings. The molecule has 0 aliphatic carbocycles. The van der Waals surface area contributed by atoms with Crippen LogP contribution in [0, 0.1) is 6.92 Å². The second kappa shape index (κ2) is 6.86. The predicted octanol–water partition coefficient (Wildman–Crippen LogP) is 3.06. The van der Waals surface area contributed by atoms with Gasteiger partial charge in [-0.1, -0.05) is 0 Å². The lowest BCUT2D eigenvalue weighted by atomic mass is 9.94. The number of fused-ring (bicyclic) bond motifs is 1. The molecule has 27 heavy (non-hydrogen) atoms. The van der Waals surface area contributed by atoms with Crippen LogP contribution in [0.1, 0.15) is 35.8 Å². The van der Waals surface area contributed by atoms with Crippen molar-refractivity contribution in [1.29, 1.82) is 0 Å². The van der Waals surface area contributed by atoms with E-state index >= 15 is 0 Å². The first-order valence-corrected chi connectivity index (χ1v) is 10.1. The van der Waals surface area contributed by atoms with Crippen LogP contribution in [0.15, 0.2) is 42.3 Å². The van der Waals surface area contributed by atoms with Gasteiger partial charge in [0.25, 0.3) is 5.78 Å². The Balaban J connectivity index is 1.39. The minimum absolute atomic E-state index is 0.438. The van der Waals surface area contributed by atoms with Gasteiger partial charge in [0.2, 0.25) is 0 Å². The first-order valence-electron chi connectivity index (χ1n) is 9.23. The molecule has 138 valence electrons. The molecule has 7 nitrogen and oxygen atoms in total. The number of aromatic nitrogens is 6. The second-order valence-electron chi connectivity index (χ2n) is 7.05. The Hall–Kier alpha value is -2.58. The molecule has 0 aromatic carbocycles. The average Bonchev–Trinajstić information content (AvgIpc) is 3.42. The number of hydrogen-bond donors (Lipinski definition) is 0. The van der Waals surface area contributed by atoms with Crippen molar-refractivity contribution >= 4 is 17.1 Å². The second-order valence-corrected chi connectivity index (χ2v) is 7.93. The number of nitrogens with zero attached hydrogens (tertiary/aromatic N) is 7. The lowest BCUT2D eigenvalue weighted by Crippen LogP contribution is -2.35. The molecule has 0 N–H and O–H groups in total. The molecule has 4 aromatic rings. The molecule has 1 unspecified atom stereocenters. The van der Waals surface area contributed by atoms with Crippen molar-refractivity contribution in [1.82, 2.24) is 34.0 Å². The van der Waals surface area contributed by atoms with Crippen LogP contribution in [-0.2, 0) is 6.54 Å². The summed E-state index contributed by atoms with van der Waals surface area (Å²) >= 11 is 1.67. The van der Waals surface area contributed by atoms with Gasteiger partial charge in [-0.2, -0.15) is 10.1 Å². The highest BCUT2D eigenvalue weighted by Crippen LogP contribution is 2.28. The molecule has 0 bridgehead atoms. The van der Waals surface area contributed by atoms with Gasteiger partial charge in [-0.3, -0.25) is 9.47 Å². The molecule has 1 aliphatic rings. The number of hydrogen-bond acceptors (Lipinski definition) is 6. The largest absolute Gasteiger partial charge is 0.297 e. The number of likely N-dealkylation sites (tertiary alicyclic amines) is 1. The van der Waals surface area contributed by atoms with Gasteiger partial charge in [0.1, 0.15) is 6.33 Å². The predicted molar refractivity (Wildman–Crippen MR) is 104 cm³/mol. The van der Waals surface area contributed by atoms with E-state index in [9.17, 15) is 0 Å². The quantitative estimate of drug-likeness (QED) is 0.545. The summed E-state index contributed by atoms with van der Waals surface area (Å²) in [6.07, 6.45) is 7.89.